The Hall–Kier alpha value is -0.730. The van der Waals surface area contributed by atoms with E-state index in [0.717, 1.165) is 25.9 Å². The average Bonchev–Trinajstić information content (AvgIpc) is 2.46. The Morgan fingerprint density at radius 2 is 2.07 bits per heavy atom. The Labute approximate surface area is 93.2 Å². The van der Waals surface area contributed by atoms with E-state index in [0.29, 0.717) is 5.41 Å². The molecule has 1 heterocycles. The van der Waals surface area contributed by atoms with Crippen molar-refractivity contribution in [2.24, 2.45) is 5.41 Å². The van der Waals surface area contributed by atoms with Gasteiger partial charge in [-0.3, -0.25) is 0 Å². The highest BCUT2D eigenvalue weighted by Gasteiger charge is 2.35. The van der Waals surface area contributed by atoms with Crippen molar-refractivity contribution in [3.63, 3.8) is 0 Å². The first-order valence-corrected chi connectivity index (χ1v) is 5.83. The number of amides is 2. The molecule has 0 unspecified atom stereocenters. The third kappa shape index (κ3) is 3.40. The lowest BCUT2D eigenvalue weighted by molar-refractivity contribution is 0.192. The highest BCUT2D eigenvalue weighted by Crippen LogP contribution is 2.32. The summed E-state index contributed by atoms with van der Waals surface area (Å²) in [5.41, 5.74) is 0.192. The van der Waals surface area contributed by atoms with Crippen molar-refractivity contribution in [2.45, 2.75) is 53.0 Å². The molecule has 1 saturated heterocycles. The summed E-state index contributed by atoms with van der Waals surface area (Å²) >= 11 is 0. The predicted octanol–water partition coefficient (Wildman–Crippen LogP) is 2.62. The van der Waals surface area contributed by atoms with E-state index >= 15 is 0 Å². The number of nitrogens with one attached hydrogen (secondary N) is 1. The zero-order valence-corrected chi connectivity index (χ0v) is 10.7. The van der Waals surface area contributed by atoms with Crippen molar-refractivity contribution >= 4 is 6.03 Å². The fourth-order valence-electron chi connectivity index (χ4n) is 1.89. The molecule has 0 saturated carbocycles. The number of carbonyl (C=O) groups is 1. The largest absolute Gasteiger partial charge is 0.333 e. The van der Waals surface area contributed by atoms with E-state index in [1.54, 1.807) is 0 Å². The van der Waals surface area contributed by atoms with Gasteiger partial charge >= 0.3 is 6.03 Å². The summed E-state index contributed by atoms with van der Waals surface area (Å²) in [5.74, 6) is 0. The van der Waals surface area contributed by atoms with Crippen LogP contribution in [0.15, 0.2) is 0 Å². The third-order valence-corrected chi connectivity index (χ3v) is 3.18. The Kier molecular flexibility index (Phi) is 3.31. The van der Waals surface area contributed by atoms with E-state index in [1.165, 1.54) is 0 Å². The second kappa shape index (κ2) is 4.03. The Morgan fingerprint density at radius 1 is 1.47 bits per heavy atom. The van der Waals surface area contributed by atoms with Gasteiger partial charge in [0.25, 0.3) is 0 Å². The van der Waals surface area contributed by atoms with Crippen molar-refractivity contribution in [1.82, 2.24) is 10.2 Å². The van der Waals surface area contributed by atoms with Crippen LogP contribution in [0.4, 0.5) is 4.79 Å². The van der Waals surface area contributed by atoms with E-state index in [1.807, 2.05) is 25.7 Å². The zero-order valence-electron chi connectivity index (χ0n) is 10.7. The summed E-state index contributed by atoms with van der Waals surface area (Å²) in [4.78, 5) is 13.8. The third-order valence-electron chi connectivity index (χ3n) is 3.18. The van der Waals surface area contributed by atoms with Crippen molar-refractivity contribution in [1.29, 1.82) is 0 Å². The van der Waals surface area contributed by atoms with Crippen LogP contribution in [0.25, 0.3) is 0 Å². The summed E-state index contributed by atoms with van der Waals surface area (Å²) in [6.07, 6.45) is 2.27. The molecule has 0 bridgehead atoms. The number of likely N-dealkylation sites (tertiary alicyclic amines) is 1. The molecule has 1 aliphatic rings. The minimum absolute atomic E-state index is 0.0830. The van der Waals surface area contributed by atoms with E-state index in [-0.39, 0.29) is 11.6 Å². The van der Waals surface area contributed by atoms with Gasteiger partial charge in [0.15, 0.2) is 0 Å². The molecule has 1 rings (SSSR count). The van der Waals surface area contributed by atoms with Crippen molar-refractivity contribution in [3.8, 4) is 0 Å². The summed E-state index contributed by atoms with van der Waals surface area (Å²) in [6, 6.07) is 0.0830. The maximum Gasteiger partial charge on any atom is 0.317 e. The molecule has 15 heavy (non-hydrogen) atoms. The molecule has 3 nitrogen and oxygen atoms in total. The molecule has 88 valence electrons. The summed E-state index contributed by atoms with van der Waals surface area (Å²) < 4.78 is 0. The molecule has 0 aromatic carbocycles. The first-order chi connectivity index (χ1) is 6.76. The van der Waals surface area contributed by atoms with E-state index in [9.17, 15) is 4.79 Å². The number of hydrogen-bond acceptors (Lipinski definition) is 1. The van der Waals surface area contributed by atoms with Gasteiger partial charge < -0.3 is 10.2 Å². The SMILES string of the molecule is CC[C@@]1(C)CCN(C(=O)NC(C)(C)C)C1. The topological polar surface area (TPSA) is 32.3 Å². The molecule has 0 aromatic rings. The number of hydrogen-bond donors (Lipinski definition) is 1. The Morgan fingerprint density at radius 3 is 2.47 bits per heavy atom. The lowest BCUT2D eigenvalue weighted by atomic mass is 9.87. The smallest absolute Gasteiger partial charge is 0.317 e. The number of urea groups is 1. The fraction of sp³-hybridized carbons (Fsp3) is 0.917. The average molecular weight is 212 g/mol. The van der Waals surface area contributed by atoms with Gasteiger partial charge in [0.05, 0.1) is 0 Å². The van der Waals surface area contributed by atoms with E-state index in [2.05, 4.69) is 19.2 Å². The van der Waals surface area contributed by atoms with Gasteiger partial charge in [-0.1, -0.05) is 13.8 Å². The molecule has 0 spiro atoms. The van der Waals surface area contributed by atoms with Crippen LogP contribution in [-0.2, 0) is 0 Å². The van der Waals surface area contributed by atoms with Crippen molar-refractivity contribution in [3.05, 3.63) is 0 Å². The fourth-order valence-corrected chi connectivity index (χ4v) is 1.89. The first-order valence-electron chi connectivity index (χ1n) is 5.83. The normalized spacial score (nSPS) is 26.9. The summed E-state index contributed by atoms with van der Waals surface area (Å²) in [5, 5.41) is 3.01. The molecule has 0 aliphatic carbocycles. The molecule has 0 aromatic heterocycles. The van der Waals surface area contributed by atoms with Gasteiger partial charge in [0, 0.05) is 18.6 Å². The molecule has 1 fully saturated rings. The number of rotatable bonds is 1. The van der Waals surface area contributed by atoms with Gasteiger partial charge in [-0.25, -0.2) is 4.79 Å². The molecule has 1 N–H and O–H groups in total. The molecular weight excluding hydrogens is 188 g/mol. The van der Waals surface area contributed by atoms with Crippen LogP contribution in [0.1, 0.15) is 47.5 Å². The van der Waals surface area contributed by atoms with Crippen LogP contribution in [-0.4, -0.2) is 29.6 Å². The van der Waals surface area contributed by atoms with Crippen LogP contribution >= 0.6 is 0 Å². The molecule has 0 radical (unpaired) electrons. The maximum atomic E-state index is 11.9. The van der Waals surface area contributed by atoms with Crippen LogP contribution in [0.3, 0.4) is 0 Å². The van der Waals surface area contributed by atoms with E-state index in [4.69, 9.17) is 0 Å². The van der Waals surface area contributed by atoms with Crippen molar-refractivity contribution in [2.75, 3.05) is 13.1 Å². The Bertz CT molecular complexity index is 244. The highest BCUT2D eigenvalue weighted by molar-refractivity contribution is 5.75. The quantitative estimate of drug-likeness (QED) is 0.712. The lowest BCUT2D eigenvalue weighted by Gasteiger charge is -2.27. The molecule has 1 aliphatic heterocycles. The van der Waals surface area contributed by atoms with Crippen LogP contribution < -0.4 is 5.32 Å². The Balaban J connectivity index is 2.51. The summed E-state index contributed by atoms with van der Waals surface area (Å²) in [7, 11) is 0. The standard InChI is InChI=1S/C12H24N2O/c1-6-12(5)7-8-14(9-12)10(15)13-11(2,3)4/h6-9H2,1-5H3,(H,13,15)/t12-/m0/s1. The van der Waals surface area contributed by atoms with Crippen molar-refractivity contribution < 1.29 is 4.79 Å². The number of nitrogens with zero attached hydrogens (tertiary/aromatic N) is 1. The van der Waals surface area contributed by atoms with Gasteiger partial charge in [-0.15, -0.1) is 0 Å². The van der Waals surface area contributed by atoms with Crippen LogP contribution in [0.5, 0.6) is 0 Å². The predicted molar refractivity (Wildman–Crippen MR) is 62.9 cm³/mol. The second-order valence-corrected chi connectivity index (χ2v) is 6.02. The minimum Gasteiger partial charge on any atom is -0.333 e. The first kappa shape index (κ1) is 12.3. The minimum atomic E-state index is -0.137. The summed E-state index contributed by atoms with van der Waals surface area (Å²) in [6.45, 7) is 12.3. The molecule has 2 amide bonds. The van der Waals surface area contributed by atoms with Gasteiger partial charge in [0.2, 0.25) is 0 Å². The monoisotopic (exact) mass is 212 g/mol. The van der Waals surface area contributed by atoms with Crippen LogP contribution in [0, 0.1) is 5.41 Å². The highest BCUT2D eigenvalue weighted by atomic mass is 16.2. The maximum absolute atomic E-state index is 11.9. The van der Waals surface area contributed by atoms with Gasteiger partial charge in [0.1, 0.15) is 0 Å². The second-order valence-electron chi connectivity index (χ2n) is 6.02. The number of carbonyl (C=O) groups excluding carboxylic acids is 1. The molecular formula is C12H24N2O. The van der Waals surface area contributed by atoms with Crippen LogP contribution in [0.2, 0.25) is 0 Å². The van der Waals surface area contributed by atoms with Gasteiger partial charge in [-0.2, -0.15) is 0 Å². The lowest BCUT2D eigenvalue weighted by Crippen LogP contribution is -2.48. The van der Waals surface area contributed by atoms with E-state index < -0.39 is 0 Å². The zero-order chi connectivity index (χ0) is 11.7. The molecule has 1 atom stereocenters. The van der Waals surface area contributed by atoms with Gasteiger partial charge in [-0.05, 0) is 39.0 Å². The molecule has 3 heteroatoms.